The first-order valence-corrected chi connectivity index (χ1v) is 8.48. The summed E-state index contributed by atoms with van der Waals surface area (Å²) >= 11 is 0. The second kappa shape index (κ2) is 6.78. The van der Waals surface area contributed by atoms with E-state index >= 15 is 0 Å². The van der Waals surface area contributed by atoms with Crippen molar-refractivity contribution in [3.8, 4) is 5.75 Å². The lowest BCUT2D eigenvalue weighted by atomic mass is 9.94. The van der Waals surface area contributed by atoms with E-state index in [9.17, 15) is 19.1 Å². The number of carbonyl (C=O) groups excluding carboxylic acids is 1. The molecule has 0 spiro atoms. The number of rotatable bonds is 4. The van der Waals surface area contributed by atoms with Gasteiger partial charge < -0.3 is 15.0 Å². The highest BCUT2D eigenvalue weighted by Crippen LogP contribution is 2.26. The predicted octanol–water partition coefficient (Wildman–Crippen LogP) is 2.98. The molecule has 136 valence electrons. The van der Waals surface area contributed by atoms with Crippen LogP contribution in [0.15, 0.2) is 35.8 Å². The van der Waals surface area contributed by atoms with Crippen molar-refractivity contribution in [3.05, 3.63) is 69.4 Å². The minimum atomic E-state index is -0.618. The van der Waals surface area contributed by atoms with Gasteiger partial charge in [-0.1, -0.05) is 19.6 Å². The summed E-state index contributed by atoms with van der Waals surface area (Å²) in [5, 5.41) is 13.3. The second-order valence-electron chi connectivity index (χ2n) is 6.72. The van der Waals surface area contributed by atoms with Crippen molar-refractivity contribution < 1.29 is 14.3 Å². The molecular weight excluding hydrogens is 335 g/mol. The van der Waals surface area contributed by atoms with Crippen LogP contribution in [0.2, 0.25) is 0 Å². The molecule has 0 amide bonds. The molecule has 1 unspecified atom stereocenters. The van der Waals surface area contributed by atoms with Crippen molar-refractivity contribution in [2.45, 2.75) is 33.4 Å². The molecule has 0 bridgehead atoms. The number of fused-ring (bicyclic) bond motifs is 1. The highest BCUT2D eigenvalue weighted by atomic mass is 19.1. The number of nitrogens with zero attached hydrogens (tertiary/aromatic N) is 1. The van der Waals surface area contributed by atoms with Crippen molar-refractivity contribution in [2.24, 2.45) is 5.92 Å². The number of halogens is 1. The van der Waals surface area contributed by atoms with Crippen LogP contribution in [-0.4, -0.2) is 15.5 Å². The van der Waals surface area contributed by atoms with E-state index in [1.807, 2.05) is 0 Å². The van der Waals surface area contributed by atoms with Gasteiger partial charge in [-0.05, 0) is 36.6 Å². The van der Waals surface area contributed by atoms with E-state index in [2.05, 4.69) is 11.9 Å². The summed E-state index contributed by atoms with van der Waals surface area (Å²) in [6.07, 6.45) is 2.22. The Labute approximate surface area is 150 Å². The summed E-state index contributed by atoms with van der Waals surface area (Å²) < 4.78 is 14.8. The average molecular weight is 356 g/mol. The first-order valence-electron chi connectivity index (χ1n) is 8.48. The van der Waals surface area contributed by atoms with Crippen LogP contribution >= 0.6 is 0 Å². The summed E-state index contributed by atoms with van der Waals surface area (Å²) in [6.45, 7) is 8.38. The molecule has 3 rings (SSSR count). The number of hydrogen-bond acceptors (Lipinski definition) is 4. The van der Waals surface area contributed by atoms with Crippen molar-refractivity contribution >= 4 is 11.5 Å². The maximum absolute atomic E-state index is 13.2. The van der Waals surface area contributed by atoms with E-state index in [-0.39, 0.29) is 28.8 Å². The third-order valence-electron chi connectivity index (χ3n) is 4.86. The van der Waals surface area contributed by atoms with Crippen LogP contribution < -0.4 is 10.7 Å². The lowest BCUT2D eigenvalue weighted by Gasteiger charge is -2.24. The number of Topliss-reactive ketones (excluding diaryl/α,β-unsaturated/α-hetero) is 1. The van der Waals surface area contributed by atoms with Gasteiger partial charge in [0, 0.05) is 30.9 Å². The maximum atomic E-state index is 13.2. The number of aryl methyl sites for hydroxylation is 2. The predicted molar refractivity (Wildman–Crippen MR) is 97.5 cm³/mol. The first-order chi connectivity index (χ1) is 12.3. The molecule has 1 aromatic heterocycles. The average Bonchev–Trinajstić information content (AvgIpc) is 2.60. The topological polar surface area (TPSA) is 71.3 Å². The van der Waals surface area contributed by atoms with Gasteiger partial charge in [0.2, 0.25) is 5.43 Å². The Hall–Kier alpha value is -2.89. The molecule has 0 fully saturated rings. The molecule has 1 aromatic carbocycles. The van der Waals surface area contributed by atoms with Gasteiger partial charge in [0.25, 0.3) is 0 Å². The highest BCUT2D eigenvalue weighted by molar-refractivity contribution is 5.99. The smallest absolute Gasteiger partial charge is 0.233 e. The van der Waals surface area contributed by atoms with Gasteiger partial charge in [-0.25, -0.2) is 4.39 Å². The van der Waals surface area contributed by atoms with Crippen LogP contribution in [0.25, 0.3) is 5.70 Å². The highest BCUT2D eigenvalue weighted by Gasteiger charge is 2.29. The second-order valence-corrected chi connectivity index (χ2v) is 6.72. The number of hydrogen-bond donors (Lipinski definition) is 2. The fraction of sp³-hybridized carbons (Fsp3) is 0.300. The Balaban J connectivity index is 1.87. The van der Waals surface area contributed by atoms with Crippen molar-refractivity contribution in [2.75, 3.05) is 0 Å². The van der Waals surface area contributed by atoms with Gasteiger partial charge in [-0.3, -0.25) is 9.59 Å². The number of carbonyl (C=O) groups is 1. The monoisotopic (exact) mass is 356 g/mol. The van der Waals surface area contributed by atoms with E-state index in [1.54, 1.807) is 30.7 Å². The van der Waals surface area contributed by atoms with E-state index in [0.29, 0.717) is 25.2 Å². The van der Waals surface area contributed by atoms with Crippen LogP contribution in [0.3, 0.4) is 0 Å². The minimum Gasteiger partial charge on any atom is -0.503 e. The van der Waals surface area contributed by atoms with Gasteiger partial charge in [0.15, 0.2) is 11.5 Å². The molecule has 1 aliphatic rings. The molecule has 6 heteroatoms. The first kappa shape index (κ1) is 17.9. The Kier molecular flexibility index (Phi) is 4.68. The molecule has 0 aliphatic carbocycles. The zero-order chi connectivity index (χ0) is 19.0. The number of aromatic hydroxyl groups is 1. The standard InChI is InChI=1S/C20H21FN2O3/c1-11-6-7-23-10-16(19(25)20(26)17(23)18(11)24)13(3)22-9-14-4-5-15(21)8-12(14)2/h4-5,8,10-11,22,26H,3,6-7,9H2,1-2H3. The summed E-state index contributed by atoms with van der Waals surface area (Å²) in [5.41, 5.74) is 1.67. The fourth-order valence-corrected chi connectivity index (χ4v) is 3.15. The molecule has 0 saturated carbocycles. The Morgan fingerprint density at radius 1 is 1.42 bits per heavy atom. The summed E-state index contributed by atoms with van der Waals surface area (Å²) in [5.74, 6) is -1.27. The number of aromatic nitrogens is 1. The van der Waals surface area contributed by atoms with Gasteiger partial charge in [-0.15, -0.1) is 0 Å². The van der Waals surface area contributed by atoms with E-state index in [4.69, 9.17) is 0 Å². The van der Waals surface area contributed by atoms with Gasteiger partial charge in [0.05, 0.1) is 5.56 Å². The lowest BCUT2D eigenvalue weighted by Crippen LogP contribution is -2.30. The number of ketones is 1. The zero-order valence-electron chi connectivity index (χ0n) is 14.8. The number of benzene rings is 1. The van der Waals surface area contributed by atoms with Crippen molar-refractivity contribution in [1.29, 1.82) is 0 Å². The quantitative estimate of drug-likeness (QED) is 0.883. The molecule has 1 atom stereocenters. The van der Waals surface area contributed by atoms with Crippen LogP contribution in [0.4, 0.5) is 4.39 Å². The van der Waals surface area contributed by atoms with Crippen LogP contribution in [-0.2, 0) is 13.1 Å². The lowest BCUT2D eigenvalue weighted by molar-refractivity contribution is 0.0885. The normalized spacial score (nSPS) is 16.3. The Morgan fingerprint density at radius 2 is 2.15 bits per heavy atom. The SMILES string of the molecule is C=C(NCc1ccc(F)cc1C)c1cn2c(c(O)c1=O)C(=O)C(C)CC2. The summed E-state index contributed by atoms with van der Waals surface area (Å²) in [4.78, 5) is 24.7. The number of nitrogens with one attached hydrogen (secondary N) is 1. The third kappa shape index (κ3) is 3.14. The fourth-order valence-electron chi connectivity index (χ4n) is 3.15. The third-order valence-corrected chi connectivity index (χ3v) is 4.86. The molecule has 0 saturated heterocycles. The molecule has 0 radical (unpaired) electrons. The largest absolute Gasteiger partial charge is 0.503 e. The summed E-state index contributed by atoms with van der Waals surface area (Å²) in [6, 6.07) is 4.48. The molecule has 26 heavy (non-hydrogen) atoms. The zero-order valence-corrected chi connectivity index (χ0v) is 14.8. The minimum absolute atomic E-state index is 0.0691. The van der Waals surface area contributed by atoms with Crippen LogP contribution in [0, 0.1) is 18.7 Å². The van der Waals surface area contributed by atoms with Crippen molar-refractivity contribution in [3.63, 3.8) is 0 Å². The van der Waals surface area contributed by atoms with Crippen molar-refractivity contribution in [1.82, 2.24) is 9.88 Å². The molecule has 1 aliphatic heterocycles. The van der Waals surface area contributed by atoms with E-state index in [0.717, 1.165) is 11.1 Å². The number of pyridine rings is 1. The molecule has 2 heterocycles. The van der Waals surface area contributed by atoms with Crippen LogP contribution in [0.1, 0.15) is 40.5 Å². The van der Waals surface area contributed by atoms with E-state index in [1.165, 1.54) is 12.1 Å². The van der Waals surface area contributed by atoms with Gasteiger partial charge in [0.1, 0.15) is 11.5 Å². The maximum Gasteiger partial charge on any atom is 0.233 e. The van der Waals surface area contributed by atoms with Gasteiger partial charge >= 0.3 is 0 Å². The van der Waals surface area contributed by atoms with E-state index < -0.39 is 11.2 Å². The Bertz CT molecular complexity index is 962. The van der Waals surface area contributed by atoms with Gasteiger partial charge in [-0.2, -0.15) is 0 Å². The molecular formula is C20H21FN2O3. The molecule has 2 N–H and O–H groups in total. The van der Waals surface area contributed by atoms with Crippen LogP contribution in [0.5, 0.6) is 5.75 Å². The summed E-state index contributed by atoms with van der Waals surface area (Å²) in [7, 11) is 0. The molecule has 5 nitrogen and oxygen atoms in total. The Morgan fingerprint density at radius 3 is 2.85 bits per heavy atom. The molecule has 2 aromatic rings.